The Balaban J connectivity index is 1.47. The Morgan fingerprint density at radius 1 is 1.26 bits per heavy atom. The Morgan fingerprint density at radius 2 is 2.21 bits per heavy atom. The van der Waals surface area contributed by atoms with Crippen molar-refractivity contribution in [2.45, 2.75) is 51.0 Å². The van der Waals surface area contributed by atoms with Crippen molar-refractivity contribution in [1.29, 1.82) is 0 Å². The number of nitrogens with one attached hydrogen (secondary N) is 2. The van der Waals surface area contributed by atoms with E-state index in [0.717, 1.165) is 24.7 Å². The SMILES string of the molecule is C1=C(CCNc2nccc(NC3CC3)n2)CCCC1. The Kier molecular flexibility index (Phi) is 3.96. The van der Waals surface area contributed by atoms with Gasteiger partial charge >= 0.3 is 0 Å². The van der Waals surface area contributed by atoms with Gasteiger partial charge in [0.2, 0.25) is 5.95 Å². The summed E-state index contributed by atoms with van der Waals surface area (Å²) < 4.78 is 0. The quantitative estimate of drug-likeness (QED) is 0.768. The summed E-state index contributed by atoms with van der Waals surface area (Å²) in [6, 6.07) is 2.57. The van der Waals surface area contributed by atoms with Crippen molar-refractivity contribution in [3.05, 3.63) is 23.9 Å². The monoisotopic (exact) mass is 258 g/mol. The van der Waals surface area contributed by atoms with E-state index in [2.05, 4.69) is 26.7 Å². The summed E-state index contributed by atoms with van der Waals surface area (Å²) in [5.41, 5.74) is 1.59. The predicted octanol–water partition coefficient (Wildman–Crippen LogP) is 3.35. The van der Waals surface area contributed by atoms with Gasteiger partial charge in [-0.25, -0.2) is 4.98 Å². The molecule has 0 spiro atoms. The van der Waals surface area contributed by atoms with Crippen LogP contribution in [0.4, 0.5) is 11.8 Å². The van der Waals surface area contributed by atoms with Crippen molar-refractivity contribution in [1.82, 2.24) is 9.97 Å². The van der Waals surface area contributed by atoms with Crippen LogP contribution >= 0.6 is 0 Å². The summed E-state index contributed by atoms with van der Waals surface area (Å²) >= 11 is 0. The molecule has 0 bridgehead atoms. The summed E-state index contributed by atoms with van der Waals surface area (Å²) in [4.78, 5) is 8.75. The molecule has 0 aliphatic heterocycles. The average molecular weight is 258 g/mol. The maximum Gasteiger partial charge on any atom is 0.224 e. The lowest BCUT2D eigenvalue weighted by Crippen LogP contribution is -2.09. The molecule has 1 heterocycles. The van der Waals surface area contributed by atoms with Gasteiger partial charge < -0.3 is 10.6 Å². The van der Waals surface area contributed by atoms with Gasteiger partial charge in [0.15, 0.2) is 0 Å². The second-order valence-corrected chi connectivity index (χ2v) is 5.47. The Hall–Kier alpha value is -1.58. The lowest BCUT2D eigenvalue weighted by Gasteiger charge is -2.13. The van der Waals surface area contributed by atoms with Gasteiger partial charge in [-0.2, -0.15) is 4.98 Å². The standard InChI is InChI=1S/C15H22N4/c1-2-4-12(5-3-1)8-10-16-15-17-11-9-14(19-15)18-13-6-7-13/h4,9,11,13H,1-3,5-8,10H2,(H2,16,17,18,19). The molecule has 0 unspecified atom stereocenters. The molecule has 2 aliphatic carbocycles. The van der Waals surface area contributed by atoms with Crippen LogP contribution in [-0.4, -0.2) is 22.6 Å². The van der Waals surface area contributed by atoms with Crippen LogP contribution in [0, 0.1) is 0 Å². The van der Waals surface area contributed by atoms with Crippen molar-refractivity contribution >= 4 is 11.8 Å². The molecule has 1 fully saturated rings. The maximum atomic E-state index is 4.48. The van der Waals surface area contributed by atoms with Crippen LogP contribution < -0.4 is 10.6 Å². The van der Waals surface area contributed by atoms with E-state index in [9.17, 15) is 0 Å². The highest BCUT2D eigenvalue weighted by molar-refractivity contribution is 5.41. The van der Waals surface area contributed by atoms with Gasteiger partial charge in [0, 0.05) is 18.8 Å². The van der Waals surface area contributed by atoms with Gasteiger partial charge in [-0.05, 0) is 51.0 Å². The number of rotatable bonds is 6. The minimum absolute atomic E-state index is 0.634. The number of nitrogens with zero attached hydrogens (tertiary/aromatic N) is 2. The van der Waals surface area contributed by atoms with Crippen molar-refractivity contribution in [2.75, 3.05) is 17.2 Å². The predicted molar refractivity (Wildman–Crippen MR) is 78.3 cm³/mol. The third-order valence-electron chi connectivity index (χ3n) is 3.70. The first kappa shape index (κ1) is 12.5. The number of aromatic nitrogens is 2. The van der Waals surface area contributed by atoms with Gasteiger partial charge in [0.25, 0.3) is 0 Å². The highest BCUT2D eigenvalue weighted by Crippen LogP contribution is 2.24. The van der Waals surface area contributed by atoms with Crippen molar-refractivity contribution in [3.63, 3.8) is 0 Å². The molecule has 0 radical (unpaired) electrons. The number of hydrogen-bond acceptors (Lipinski definition) is 4. The fourth-order valence-corrected chi connectivity index (χ4v) is 2.43. The molecule has 0 amide bonds. The number of hydrogen-bond donors (Lipinski definition) is 2. The van der Waals surface area contributed by atoms with E-state index in [0.29, 0.717) is 6.04 Å². The smallest absolute Gasteiger partial charge is 0.224 e. The molecule has 1 saturated carbocycles. The average Bonchev–Trinajstić information content (AvgIpc) is 3.24. The Morgan fingerprint density at radius 3 is 3.00 bits per heavy atom. The summed E-state index contributed by atoms with van der Waals surface area (Å²) in [7, 11) is 0. The first-order chi connectivity index (χ1) is 9.40. The molecule has 102 valence electrons. The van der Waals surface area contributed by atoms with E-state index in [-0.39, 0.29) is 0 Å². The molecule has 0 saturated heterocycles. The minimum atomic E-state index is 0.634. The maximum absolute atomic E-state index is 4.48. The second-order valence-electron chi connectivity index (χ2n) is 5.47. The normalized spacial score (nSPS) is 18.8. The molecule has 3 rings (SSSR count). The van der Waals surface area contributed by atoms with E-state index in [1.165, 1.54) is 38.5 Å². The van der Waals surface area contributed by atoms with Gasteiger partial charge in [0.05, 0.1) is 0 Å². The third kappa shape index (κ3) is 3.94. The van der Waals surface area contributed by atoms with E-state index in [1.54, 1.807) is 5.57 Å². The Labute approximate surface area is 114 Å². The van der Waals surface area contributed by atoms with Crippen molar-refractivity contribution < 1.29 is 0 Å². The lowest BCUT2D eigenvalue weighted by molar-refractivity contribution is 0.679. The van der Waals surface area contributed by atoms with Crippen molar-refractivity contribution in [3.8, 4) is 0 Å². The van der Waals surface area contributed by atoms with Crippen LogP contribution in [0.2, 0.25) is 0 Å². The largest absolute Gasteiger partial charge is 0.367 e. The summed E-state index contributed by atoms with van der Waals surface area (Å²) in [6.07, 6.45) is 13.1. The summed E-state index contributed by atoms with van der Waals surface area (Å²) in [5, 5.41) is 6.72. The van der Waals surface area contributed by atoms with Crippen LogP contribution in [0.3, 0.4) is 0 Å². The van der Waals surface area contributed by atoms with Gasteiger partial charge in [-0.15, -0.1) is 0 Å². The van der Waals surface area contributed by atoms with E-state index < -0.39 is 0 Å². The van der Waals surface area contributed by atoms with Crippen LogP contribution in [-0.2, 0) is 0 Å². The first-order valence-corrected chi connectivity index (χ1v) is 7.41. The van der Waals surface area contributed by atoms with Crippen LogP contribution in [0.5, 0.6) is 0 Å². The Bertz CT molecular complexity index is 451. The van der Waals surface area contributed by atoms with Crippen LogP contribution in [0.1, 0.15) is 44.9 Å². The van der Waals surface area contributed by atoms with Crippen LogP contribution in [0.25, 0.3) is 0 Å². The first-order valence-electron chi connectivity index (χ1n) is 7.41. The summed E-state index contributed by atoms with van der Waals surface area (Å²) in [5.74, 6) is 1.68. The fraction of sp³-hybridized carbons (Fsp3) is 0.600. The van der Waals surface area contributed by atoms with Gasteiger partial charge in [-0.1, -0.05) is 11.6 Å². The zero-order valence-electron chi connectivity index (χ0n) is 11.4. The highest BCUT2D eigenvalue weighted by atomic mass is 15.1. The lowest BCUT2D eigenvalue weighted by atomic mass is 9.97. The number of anilines is 2. The molecular weight excluding hydrogens is 236 g/mol. The second kappa shape index (κ2) is 6.04. The molecule has 2 aliphatic rings. The summed E-state index contributed by atoms with van der Waals surface area (Å²) in [6.45, 7) is 0.929. The molecule has 0 aromatic carbocycles. The molecule has 19 heavy (non-hydrogen) atoms. The zero-order chi connectivity index (χ0) is 12.9. The molecule has 1 aromatic rings. The molecule has 4 heteroatoms. The fourth-order valence-electron chi connectivity index (χ4n) is 2.43. The zero-order valence-corrected chi connectivity index (χ0v) is 11.4. The third-order valence-corrected chi connectivity index (χ3v) is 3.70. The van der Waals surface area contributed by atoms with Gasteiger partial charge in [-0.3, -0.25) is 0 Å². The minimum Gasteiger partial charge on any atom is -0.367 e. The number of allylic oxidation sites excluding steroid dienone is 1. The molecular formula is C15H22N4. The molecule has 1 aromatic heterocycles. The van der Waals surface area contributed by atoms with Gasteiger partial charge in [0.1, 0.15) is 5.82 Å². The van der Waals surface area contributed by atoms with Crippen molar-refractivity contribution in [2.24, 2.45) is 0 Å². The van der Waals surface area contributed by atoms with Crippen LogP contribution in [0.15, 0.2) is 23.9 Å². The molecule has 4 nitrogen and oxygen atoms in total. The molecule has 0 atom stereocenters. The topological polar surface area (TPSA) is 49.8 Å². The van der Waals surface area contributed by atoms with E-state index in [4.69, 9.17) is 0 Å². The highest BCUT2D eigenvalue weighted by Gasteiger charge is 2.21. The van der Waals surface area contributed by atoms with E-state index >= 15 is 0 Å². The van der Waals surface area contributed by atoms with E-state index in [1.807, 2.05) is 12.3 Å². The molecule has 2 N–H and O–H groups in total.